The van der Waals surface area contributed by atoms with Gasteiger partial charge in [0.25, 0.3) is 0 Å². The standard InChI is InChI=1S/C17H23BFNO3/c1-11(21)15-7-6-14(19)9-12(15)8-13(10-20)18-22-16(2,3)17(4,5)23-18/h6-9H,10,20H2,1-5H3. The van der Waals surface area contributed by atoms with Gasteiger partial charge < -0.3 is 15.0 Å². The van der Waals surface area contributed by atoms with Crippen LogP contribution >= 0.6 is 0 Å². The van der Waals surface area contributed by atoms with Gasteiger partial charge in [-0.1, -0.05) is 6.08 Å². The number of ketones is 1. The second-order valence-electron chi connectivity index (χ2n) is 6.80. The Morgan fingerprint density at radius 2 is 1.83 bits per heavy atom. The molecule has 1 aliphatic rings. The number of rotatable bonds is 4. The van der Waals surface area contributed by atoms with Crippen molar-refractivity contribution in [2.75, 3.05) is 6.54 Å². The Hall–Kier alpha value is -1.50. The molecule has 1 saturated heterocycles. The van der Waals surface area contributed by atoms with Gasteiger partial charge in [0.05, 0.1) is 11.2 Å². The van der Waals surface area contributed by atoms with Crippen LogP contribution in [0.4, 0.5) is 4.39 Å². The fourth-order valence-corrected chi connectivity index (χ4v) is 2.39. The molecule has 2 rings (SSSR count). The lowest BCUT2D eigenvalue weighted by Crippen LogP contribution is -2.41. The fourth-order valence-electron chi connectivity index (χ4n) is 2.39. The van der Waals surface area contributed by atoms with Gasteiger partial charge in [-0.3, -0.25) is 4.79 Å². The maximum absolute atomic E-state index is 13.6. The van der Waals surface area contributed by atoms with Crippen LogP contribution in [-0.2, 0) is 9.31 Å². The molecular weight excluding hydrogens is 296 g/mol. The third kappa shape index (κ3) is 3.55. The summed E-state index contributed by atoms with van der Waals surface area (Å²) in [7, 11) is -0.618. The van der Waals surface area contributed by atoms with E-state index in [0.717, 1.165) is 0 Å². The first-order valence-corrected chi connectivity index (χ1v) is 7.64. The summed E-state index contributed by atoms with van der Waals surface area (Å²) in [6.07, 6.45) is 1.68. The predicted molar refractivity (Wildman–Crippen MR) is 89.5 cm³/mol. The van der Waals surface area contributed by atoms with E-state index in [1.54, 1.807) is 6.08 Å². The Kier molecular flexibility index (Phi) is 4.80. The van der Waals surface area contributed by atoms with Gasteiger partial charge in [0, 0.05) is 12.1 Å². The summed E-state index contributed by atoms with van der Waals surface area (Å²) in [6, 6.07) is 4.06. The minimum absolute atomic E-state index is 0.137. The zero-order valence-electron chi connectivity index (χ0n) is 14.3. The lowest BCUT2D eigenvalue weighted by atomic mass is 9.76. The van der Waals surface area contributed by atoms with Gasteiger partial charge in [-0.05, 0) is 63.9 Å². The normalized spacial score (nSPS) is 20.0. The van der Waals surface area contributed by atoms with E-state index in [1.807, 2.05) is 27.7 Å². The van der Waals surface area contributed by atoms with Crippen LogP contribution in [0.2, 0.25) is 0 Å². The maximum atomic E-state index is 13.6. The Bertz CT molecular complexity index is 639. The van der Waals surface area contributed by atoms with Crippen molar-refractivity contribution >= 4 is 19.0 Å². The molecule has 0 radical (unpaired) electrons. The van der Waals surface area contributed by atoms with E-state index in [0.29, 0.717) is 16.6 Å². The summed E-state index contributed by atoms with van der Waals surface area (Å²) in [5, 5.41) is 0. The van der Waals surface area contributed by atoms with Crippen molar-refractivity contribution in [2.24, 2.45) is 5.73 Å². The number of halogens is 1. The average molecular weight is 319 g/mol. The van der Waals surface area contributed by atoms with Gasteiger partial charge in [0.1, 0.15) is 5.82 Å². The molecule has 0 unspecified atom stereocenters. The molecule has 124 valence electrons. The van der Waals surface area contributed by atoms with Crippen LogP contribution < -0.4 is 5.73 Å². The Morgan fingerprint density at radius 3 is 2.30 bits per heavy atom. The maximum Gasteiger partial charge on any atom is 0.491 e. The Balaban J connectivity index is 2.41. The number of nitrogens with two attached hydrogens (primary N) is 1. The van der Waals surface area contributed by atoms with Crippen molar-refractivity contribution in [1.82, 2.24) is 0 Å². The highest BCUT2D eigenvalue weighted by molar-refractivity contribution is 6.56. The highest BCUT2D eigenvalue weighted by Crippen LogP contribution is 2.38. The second-order valence-corrected chi connectivity index (χ2v) is 6.80. The predicted octanol–water partition coefficient (Wildman–Crippen LogP) is 3.00. The molecular formula is C17H23BFNO3. The number of benzene rings is 1. The van der Waals surface area contributed by atoms with E-state index >= 15 is 0 Å². The molecule has 23 heavy (non-hydrogen) atoms. The Labute approximate surface area is 137 Å². The van der Waals surface area contributed by atoms with Gasteiger partial charge in [-0.2, -0.15) is 0 Å². The molecule has 1 heterocycles. The first kappa shape index (κ1) is 17.9. The Morgan fingerprint density at radius 1 is 1.26 bits per heavy atom. The van der Waals surface area contributed by atoms with Crippen LogP contribution in [-0.4, -0.2) is 30.6 Å². The van der Waals surface area contributed by atoms with Gasteiger partial charge in [0.2, 0.25) is 0 Å². The zero-order chi connectivity index (χ0) is 17.4. The number of hydrogen-bond acceptors (Lipinski definition) is 4. The SMILES string of the molecule is CC(=O)c1ccc(F)cc1C=C(CN)B1OC(C)(C)C(C)(C)O1. The third-order valence-corrected chi connectivity index (χ3v) is 4.53. The van der Waals surface area contributed by atoms with Crippen molar-refractivity contribution in [2.45, 2.75) is 45.8 Å². The van der Waals surface area contributed by atoms with Crippen molar-refractivity contribution < 1.29 is 18.5 Å². The quantitative estimate of drug-likeness (QED) is 0.684. The van der Waals surface area contributed by atoms with E-state index in [-0.39, 0.29) is 12.3 Å². The van der Waals surface area contributed by atoms with Crippen LogP contribution in [0, 0.1) is 5.82 Å². The minimum atomic E-state index is -0.618. The molecule has 6 heteroatoms. The number of hydrogen-bond donors (Lipinski definition) is 1. The summed E-state index contributed by atoms with van der Waals surface area (Å²) < 4.78 is 25.5. The summed E-state index contributed by atoms with van der Waals surface area (Å²) in [5.41, 5.74) is 6.44. The summed E-state index contributed by atoms with van der Waals surface area (Å²) in [4.78, 5) is 11.7. The highest BCUT2D eigenvalue weighted by atomic mass is 19.1. The van der Waals surface area contributed by atoms with Crippen LogP contribution in [0.15, 0.2) is 23.7 Å². The monoisotopic (exact) mass is 319 g/mol. The zero-order valence-corrected chi connectivity index (χ0v) is 14.3. The molecule has 0 bridgehead atoms. The second kappa shape index (κ2) is 6.19. The van der Waals surface area contributed by atoms with Crippen molar-refractivity contribution in [3.8, 4) is 0 Å². The summed E-state index contributed by atoms with van der Waals surface area (Å²) in [5.74, 6) is -0.548. The van der Waals surface area contributed by atoms with E-state index in [2.05, 4.69) is 0 Å². The number of carbonyl (C=O) groups is 1. The first-order chi connectivity index (χ1) is 10.6. The molecule has 4 nitrogen and oxygen atoms in total. The first-order valence-electron chi connectivity index (χ1n) is 7.64. The van der Waals surface area contributed by atoms with Crippen LogP contribution in [0.1, 0.15) is 50.5 Å². The fraction of sp³-hybridized carbons (Fsp3) is 0.471. The van der Waals surface area contributed by atoms with Gasteiger partial charge in [-0.25, -0.2) is 4.39 Å². The molecule has 0 amide bonds. The van der Waals surface area contributed by atoms with E-state index in [9.17, 15) is 9.18 Å². The molecule has 0 spiro atoms. The van der Waals surface area contributed by atoms with Crippen molar-refractivity contribution in [3.05, 3.63) is 40.6 Å². The van der Waals surface area contributed by atoms with E-state index < -0.39 is 24.1 Å². The number of carbonyl (C=O) groups excluding carboxylic acids is 1. The summed E-state index contributed by atoms with van der Waals surface area (Å²) >= 11 is 0. The van der Waals surface area contributed by atoms with E-state index in [4.69, 9.17) is 15.0 Å². The molecule has 0 atom stereocenters. The molecule has 0 aliphatic carbocycles. The molecule has 1 aliphatic heterocycles. The number of Topliss-reactive ketones (excluding diaryl/α,β-unsaturated/α-hetero) is 1. The van der Waals surface area contributed by atoms with Gasteiger partial charge in [0.15, 0.2) is 5.78 Å². The van der Waals surface area contributed by atoms with Gasteiger partial charge >= 0.3 is 7.12 Å². The largest absolute Gasteiger partial charge is 0.491 e. The molecule has 1 fully saturated rings. The minimum Gasteiger partial charge on any atom is -0.400 e. The van der Waals surface area contributed by atoms with Crippen molar-refractivity contribution in [3.63, 3.8) is 0 Å². The highest BCUT2D eigenvalue weighted by Gasteiger charge is 2.52. The molecule has 1 aromatic carbocycles. The summed E-state index contributed by atoms with van der Waals surface area (Å²) in [6.45, 7) is 9.43. The topological polar surface area (TPSA) is 61.6 Å². The lowest BCUT2D eigenvalue weighted by molar-refractivity contribution is 0.00578. The average Bonchev–Trinajstić information content (AvgIpc) is 2.64. The molecule has 2 N–H and O–H groups in total. The van der Waals surface area contributed by atoms with Crippen LogP contribution in [0.25, 0.3) is 6.08 Å². The molecule has 0 saturated carbocycles. The lowest BCUT2D eigenvalue weighted by Gasteiger charge is -2.32. The molecule has 0 aromatic heterocycles. The van der Waals surface area contributed by atoms with Crippen LogP contribution in [0.5, 0.6) is 0 Å². The molecule has 1 aromatic rings. The van der Waals surface area contributed by atoms with Crippen LogP contribution in [0.3, 0.4) is 0 Å². The third-order valence-electron chi connectivity index (χ3n) is 4.53. The van der Waals surface area contributed by atoms with Crippen molar-refractivity contribution in [1.29, 1.82) is 0 Å². The smallest absolute Gasteiger partial charge is 0.400 e. The van der Waals surface area contributed by atoms with Gasteiger partial charge in [-0.15, -0.1) is 0 Å². The van der Waals surface area contributed by atoms with E-state index in [1.165, 1.54) is 25.1 Å².